The minimum Gasteiger partial charge on any atom is -0.481 e. The van der Waals surface area contributed by atoms with Crippen molar-refractivity contribution in [1.29, 1.82) is 0 Å². The summed E-state index contributed by atoms with van der Waals surface area (Å²) in [5.41, 5.74) is 1.71. The molecule has 0 bridgehead atoms. The number of halogens is 1. The molecule has 4 nitrogen and oxygen atoms in total. The number of rotatable bonds is 2. The number of carbonyl (C=O) groups is 1. The van der Waals surface area contributed by atoms with Crippen molar-refractivity contribution in [3.63, 3.8) is 0 Å². The van der Waals surface area contributed by atoms with Crippen molar-refractivity contribution in [3.8, 4) is 0 Å². The zero-order valence-corrected chi connectivity index (χ0v) is 12.2. The molecule has 0 radical (unpaired) electrons. The highest BCUT2D eigenvalue weighted by Gasteiger charge is 2.14. The van der Waals surface area contributed by atoms with Gasteiger partial charge in [-0.1, -0.05) is 0 Å². The first-order chi connectivity index (χ1) is 8.41. The molecule has 5 heteroatoms. The van der Waals surface area contributed by atoms with Crippen LogP contribution in [-0.4, -0.2) is 15.6 Å². The highest BCUT2D eigenvalue weighted by atomic mass is 127. The number of carboxylic acid groups (broad SMARTS) is 1. The Kier molecular flexibility index (Phi) is 3.43. The van der Waals surface area contributed by atoms with Crippen LogP contribution in [-0.2, 0) is 18.3 Å². The van der Waals surface area contributed by atoms with E-state index in [0.29, 0.717) is 16.6 Å². The molecule has 2 rings (SSSR count). The molecule has 2 aromatic rings. The first-order valence-corrected chi connectivity index (χ1v) is 6.49. The van der Waals surface area contributed by atoms with Gasteiger partial charge >= 0.3 is 5.97 Å². The van der Waals surface area contributed by atoms with Crippen LogP contribution in [0.5, 0.6) is 0 Å². The van der Waals surface area contributed by atoms with E-state index >= 15 is 0 Å². The standard InChI is InChI=1S/C13H12INO3/c1-7-9(6-12(16)17)13(18)10-5-8(14)3-4-11(10)15(7)2/h3-5H,6H2,1-2H3,(H,16,17). The lowest BCUT2D eigenvalue weighted by Gasteiger charge is -2.13. The van der Waals surface area contributed by atoms with Crippen molar-refractivity contribution < 1.29 is 9.90 Å². The Balaban J connectivity index is 2.88. The molecular weight excluding hydrogens is 345 g/mol. The number of hydrogen-bond acceptors (Lipinski definition) is 2. The molecule has 18 heavy (non-hydrogen) atoms. The smallest absolute Gasteiger partial charge is 0.308 e. The molecule has 0 unspecified atom stereocenters. The van der Waals surface area contributed by atoms with Crippen molar-refractivity contribution >= 4 is 39.5 Å². The topological polar surface area (TPSA) is 59.3 Å². The number of benzene rings is 1. The Morgan fingerprint density at radius 1 is 1.44 bits per heavy atom. The van der Waals surface area contributed by atoms with Gasteiger partial charge in [0.15, 0.2) is 5.43 Å². The minimum absolute atomic E-state index is 0.179. The third-order valence-corrected chi connectivity index (χ3v) is 3.78. The summed E-state index contributed by atoms with van der Waals surface area (Å²) in [4.78, 5) is 23.1. The second-order valence-corrected chi connectivity index (χ2v) is 5.43. The van der Waals surface area contributed by atoms with Crippen LogP contribution in [0.2, 0.25) is 0 Å². The summed E-state index contributed by atoms with van der Waals surface area (Å²) >= 11 is 2.14. The molecule has 1 N–H and O–H groups in total. The fourth-order valence-corrected chi connectivity index (χ4v) is 2.54. The molecule has 0 saturated heterocycles. The number of carboxylic acids is 1. The summed E-state index contributed by atoms with van der Waals surface area (Å²) < 4.78 is 2.83. The number of aromatic nitrogens is 1. The summed E-state index contributed by atoms with van der Waals surface area (Å²) in [5.74, 6) is -0.986. The molecule has 1 aromatic carbocycles. The molecule has 0 atom stereocenters. The monoisotopic (exact) mass is 357 g/mol. The number of fused-ring (bicyclic) bond motifs is 1. The summed E-state index contributed by atoms with van der Waals surface area (Å²) in [7, 11) is 1.84. The Labute approximate surface area is 117 Å². The average Bonchev–Trinajstić information content (AvgIpc) is 2.31. The van der Waals surface area contributed by atoms with Crippen molar-refractivity contribution in [3.05, 3.63) is 43.2 Å². The quantitative estimate of drug-likeness (QED) is 0.838. The Hall–Kier alpha value is -1.37. The maximum atomic E-state index is 12.3. The summed E-state index contributed by atoms with van der Waals surface area (Å²) in [6.07, 6.45) is -0.236. The lowest BCUT2D eigenvalue weighted by atomic mass is 10.1. The molecule has 0 amide bonds. The van der Waals surface area contributed by atoms with Crippen LogP contribution in [0.4, 0.5) is 0 Å². The van der Waals surface area contributed by atoms with Crippen molar-refractivity contribution in [2.45, 2.75) is 13.3 Å². The highest BCUT2D eigenvalue weighted by Crippen LogP contribution is 2.17. The average molecular weight is 357 g/mol. The van der Waals surface area contributed by atoms with E-state index in [1.54, 1.807) is 13.0 Å². The van der Waals surface area contributed by atoms with Gasteiger partial charge in [0.05, 0.1) is 11.9 Å². The van der Waals surface area contributed by atoms with Gasteiger partial charge in [-0.2, -0.15) is 0 Å². The second-order valence-electron chi connectivity index (χ2n) is 4.18. The van der Waals surface area contributed by atoms with Crippen molar-refractivity contribution in [2.24, 2.45) is 7.05 Å². The van der Waals surface area contributed by atoms with Crippen molar-refractivity contribution in [2.75, 3.05) is 0 Å². The maximum absolute atomic E-state index is 12.3. The van der Waals surface area contributed by atoms with Gasteiger partial charge in [-0.3, -0.25) is 9.59 Å². The zero-order valence-electron chi connectivity index (χ0n) is 10.0. The number of nitrogens with zero attached hydrogens (tertiary/aromatic N) is 1. The van der Waals surface area contributed by atoms with E-state index < -0.39 is 5.97 Å². The molecule has 0 fully saturated rings. The van der Waals surface area contributed by atoms with Gasteiger partial charge < -0.3 is 9.67 Å². The van der Waals surface area contributed by atoms with E-state index in [0.717, 1.165) is 9.09 Å². The molecular formula is C13H12INO3. The largest absolute Gasteiger partial charge is 0.481 e. The molecule has 0 spiro atoms. The fraction of sp³-hybridized carbons (Fsp3) is 0.231. The Bertz CT molecular complexity index is 703. The van der Waals surface area contributed by atoms with Gasteiger partial charge in [-0.25, -0.2) is 0 Å². The lowest BCUT2D eigenvalue weighted by Crippen LogP contribution is -2.20. The third-order valence-electron chi connectivity index (χ3n) is 3.11. The summed E-state index contributed by atoms with van der Waals surface area (Å²) in [5, 5.41) is 9.46. The van der Waals surface area contributed by atoms with Crippen LogP contribution in [0.1, 0.15) is 11.3 Å². The second kappa shape index (κ2) is 4.72. The third kappa shape index (κ3) is 2.14. The molecule has 0 aliphatic heterocycles. The van der Waals surface area contributed by atoms with Gasteiger partial charge in [-0.05, 0) is 47.7 Å². The normalized spacial score (nSPS) is 10.8. The molecule has 94 valence electrons. The highest BCUT2D eigenvalue weighted by molar-refractivity contribution is 14.1. The van der Waals surface area contributed by atoms with Crippen LogP contribution >= 0.6 is 22.6 Å². The van der Waals surface area contributed by atoms with Gasteiger partial charge in [0.2, 0.25) is 0 Å². The number of aliphatic carboxylic acids is 1. The molecule has 1 heterocycles. The molecule has 1 aromatic heterocycles. The van der Waals surface area contributed by atoms with E-state index in [1.807, 2.05) is 23.7 Å². The Morgan fingerprint density at radius 2 is 2.11 bits per heavy atom. The van der Waals surface area contributed by atoms with Crippen LogP contribution in [0.25, 0.3) is 10.9 Å². The van der Waals surface area contributed by atoms with E-state index in [-0.39, 0.29) is 11.8 Å². The fourth-order valence-electron chi connectivity index (χ4n) is 2.05. The van der Waals surface area contributed by atoms with Gasteiger partial charge in [0.25, 0.3) is 0 Å². The molecule has 0 aliphatic carbocycles. The van der Waals surface area contributed by atoms with Gasteiger partial charge in [0.1, 0.15) is 0 Å². The van der Waals surface area contributed by atoms with Crippen molar-refractivity contribution in [1.82, 2.24) is 4.57 Å². The zero-order chi connectivity index (χ0) is 13.4. The number of hydrogen-bond donors (Lipinski definition) is 1. The van der Waals surface area contributed by atoms with E-state index in [2.05, 4.69) is 22.6 Å². The summed E-state index contributed by atoms with van der Waals surface area (Å²) in [6.45, 7) is 1.77. The molecule has 0 aliphatic rings. The Morgan fingerprint density at radius 3 is 2.72 bits per heavy atom. The van der Waals surface area contributed by atoms with Crippen LogP contribution < -0.4 is 5.43 Å². The van der Waals surface area contributed by atoms with Crippen LogP contribution in [0, 0.1) is 10.5 Å². The predicted octanol–water partition coefficient (Wildman–Crippen LogP) is 2.08. The number of aryl methyl sites for hydroxylation is 1. The number of pyridine rings is 1. The predicted molar refractivity (Wildman–Crippen MR) is 78.0 cm³/mol. The minimum atomic E-state index is -0.986. The molecule has 0 saturated carbocycles. The van der Waals surface area contributed by atoms with Gasteiger partial charge in [-0.15, -0.1) is 0 Å². The van der Waals surface area contributed by atoms with E-state index in [1.165, 1.54) is 0 Å². The summed E-state index contributed by atoms with van der Waals surface area (Å²) in [6, 6.07) is 5.61. The van der Waals surface area contributed by atoms with Crippen LogP contribution in [0.15, 0.2) is 23.0 Å². The van der Waals surface area contributed by atoms with Crippen LogP contribution in [0.3, 0.4) is 0 Å². The first kappa shape index (κ1) is 13.1. The lowest BCUT2D eigenvalue weighted by molar-refractivity contribution is -0.136. The van der Waals surface area contributed by atoms with E-state index in [4.69, 9.17) is 5.11 Å². The SMILES string of the molecule is Cc1c(CC(=O)O)c(=O)c2cc(I)ccc2n1C. The van der Waals surface area contributed by atoms with Gasteiger partial charge in [0, 0.05) is 27.3 Å². The van der Waals surface area contributed by atoms with E-state index in [9.17, 15) is 9.59 Å². The first-order valence-electron chi connectivity index (χ1n) is 5.41. The maximum Gasteiger partial charge on any atom is 0.308 e.